The SMILES string of the molecule is CNC(=O)N1CCC2(C1)C(=O)N(C(C)C)CC(=O)N2Cc1ccc(Cl)cc1. The van der Waals surface area contributed by atoms with Crippen molar-refractivity contribution in [2.24, 2.45) is 0 Å². The Morgan fingerprint density at radius 1 is 1.26 bits per heavy atom. The summed E-state index contributed by atoms with van der Waals surface area (Å²) >= 11 is 5.96. The zero-order valence-corrected chi connectivity index (χ0v) is 16.6. The van der Waals surface area contributed by atoms with E-state index in [-0.39, 0.29) is 37.0 Å². The minimum absolute atomic E-state index is 0.0613. The van der Waals surface area contributed by atoms with Gasteiger partial charge in [-0.1, -0.05) is 23.7 Å². The second-order valence-electron chi connectivity index (χ2n) is 7.39. The third-order valence-corrected chi connectivity index (χ3v) is 5.66. The summed E-state index contributed by atoms with van der Waals surface area (Å²) in [6.07, 6.45) is 0.432. The topological polar surface area (TPSA) is 73.0 Å². The fourth-order valence-electron chi connectivity index (χ4n) is 3.87. The summed E-state index contributed by atoms with van der Waals surface area (Å²) < 4.78 is 0. The van der Waals surface area contributed by atoms with Gasteiger partial charge in [0.25, 0.3) is 5.91 Å². The highest BCUT2D eigenvalue weighted by atomic mass is 35.5. The van der Waals surface area contributed by atoms with E-state index in [4.69, 9.17) is 11.6 Å². The summed E-state index contributed by atoms with van der Waals surface area (Å²) in [6.45, 7) is 4.81. The van der Waals surface area contributed by atoms with E-state index in [1.807, 2.05) is 26.0 Å². The zero-order valence-electron chi connectivity index (χ0n) is 15.9. The Morgan fingerprint density at radius 3 is 2.52 bits per heavy atom. The van der Waals surface area contributed by atoms with Crippen molar-refractivity contribution in [3.63, 3.8) is 0 Å². The van der Waals surface area contributed by atoms with Crippen LogP contribution in [0.1, 0.15) is 25.8 Å². The molecule has 2 aliphatic rings. The number of urea groups is 1. The first-order valence-electron chi connectivity index (χ1n) is 9.11. The van der Waals surface area contributed by atoms with Gasteiger partial charge in [-0.2, -0.15) is 0 Å². The summed E-state index contributed by atoms with van der Waals surface area (Å²) in [6, 6.07) is 6.94. The van der Waals surface area contributed by atoms with Gasteiger partial charge in [0.15, 0.2) is 0 Å². The maximum atomic E-state index is 13.4. The first-order valence-corrected chi connectivity index (χ1v) is 9.49. The monoisotopic (exact) mass is 392 g/mol. The van der Waals surface area contributed by atoms with E-state index in [0.717, 1.165) is 5.56 Å². The van der Waals surface area contributed by atoms with Crippen LogP contribution in [0.4, 0.5) is 4.79 Å². The van der Waals surface area contributed by atoms with Crippen LogP contribution in [0.5, 0.6) is 0 Å². The Morgan fingerprint density at radius 2 is 1.93 bits per heavy atom. The fourth-order valence-corrected chi connectivity index (χ4v) is 4.00. The van der Waals surface area contributed by atoms with Crippen LogP contribution in [-0.4, -0.2) is 70.8 Å². The molecular weight excluding hydrogens is 368 g/mol. The Kier molecular flexibility index (Phi) is 5.33. The minimum atomic E-state index is -1.02. The van der Waals surface area contributed by atoms with Crippen LogP contribution in [0.15, 0.2) is 24.3 Å². The lowest BCUT2D eigenvalue weighted by atomic mass is 9.89. The third-order valence-electron chi connectivity index (χ3n) is 5.41. The standard InChI is InChI=1S/C19H25ClN4O3/c1-13(2)23-11-16(25)24(10-14-4-6-15(20)7-5-14)19(17(23)26)8-9-22(12-19)18(27)21-3/h4-7,13H,8-12H2,1-3H3,(H,21,27). The molecule has 1 aromatic carbocycles. The van der Waals surface area contributed by atoms with Gasteiger partial charge in [0.2, 0.25) is 5.91 Å². The van der Waals surface area contributed by atoms with Crippen molar-refractivity contribution >= 4 is 29.4 Å². The molecule has 0 bridgehead atoms. The number of likely N-dealkylation sites (tertiary alicyclic amines) is 1. The number of piperazine rings is 1. The number of carbonyl (C=O) groups is 3. The number of nitrogens with one attached hydrogen (secondary N) is 1. The van der Waals surface area contributed by atoms with Crippen LogP contribution in [0.3, 0.4) is 0 Å². The average Bonchev–Trinajstić information content (AvgIpc) is 3.09. The van der Waals surface area contributed by atoms with E-state index in [1.54, 1.807) is 33.9 Å². The second-order valence-corrected chi connectivity index (χ2v) is 7.83. The molecule has 1 N–H and O–H groups in total. The second kappa shape index (κ2) is 7.38. The molecule has 0 aliphatic carbocycles. The Balaban J connectivity index is 1.96. The maximum Gasteiger partial charge on any atom is 0.317 e. The molecule has 0 radical (unpaired) electrons. The lowest BCUT2D eigenvalue weighted by molar-refractivity contribution is -0.166. The smallest absolute Gasteiger partial charge is 0.317 e. The number of amides is 4. The fraction of sp³-hybridized carbons (Fsp3) is 0.526. The van der Waals surface area contributed by atoms with E-state index in [9.17, 15) is 14.4 Å². The van der Waals surface area contributed by atoms with E-state index < -0.39 is 5.54 Å². The van der Waals surface area contributed by atoms with Gasteiger partial charge in [-0.05, 0) is 38.0 Å². The van der Waals surface area contributed by atoms with Crippen LogP contribution in [-0.2, 0) is 16.1 Å². The number of nitrogens with zero attached hydrogens (tertiary/aromatic N) is 3. The number of hydrogen-bond donors (Lipinski definition) is 1. The molecule has 27 heavy (non-hydrogen) atoms. The largest absolute Gasteiger partial charge is 0.341 e. The quantitative estimate of drug-likeness (QED) is 0.851. The lowest BCUT2D eigenvalue weighted by Crippen LogP contribution is -2.70. The first kappa shape index (κ1) is 19.5. The molecule has 2 heterocycles. The maximum absolute atomic E-state index is 13.4. The molecule has 1 spiro atoms. The molecule has 146 valence electrons. The highest BCUT2D eigenvalue weighted by Crippen LogP contribution is 2.35. The van der Waals surface area contributed by atoms with Gasteiger partial charge in [-0.25, -0.2) is 4.79 Å². The van der Waals surface area contributed by atoms with Gasteiger partial charge in [-0.15, -0.1) is 0 Å². The molecule has 0 aromatic heterocycles. The summed E-state index contributed by atoms with van der Waals surface area (Å²) in [4.78, 5) is 43.4. The molecule has 3 rings (SSSR count). The van der Waals surface area contributed by atoms with Crippen LogP contribution in [0.2, 0.25) is 5.02 Å². The van der Waals surface area contributed by atoms with Crippen molar-refractivity contribution in [2.75, 3.05) is 26.7 Å². The molecule has 2 aliphatic heterocycles. The highest BCUT2D eigenvalue weighted by molar-refractivity contribution is 6.30. The number of carbonyl (C=O) groups excluding carboxylic acids is 3. The van der Waals surface area contributed by atoms with E-state index >= 15 is 0 Å². The molecule has 0 saturated carbocycles. The van der Waals surface area contributed by atoms with Crippen LogP contribution in [0, 0.1) is 0 Å². The van der Waals surface area contributed by atoms with Crippen molar-refractivity contribution in [3.05, 3.63) is 34.9 Å². The normalized spacial score (nSPS) is 22.9. The Bertz CT molecular complexity index is 752. The molecule has 1 atom stereocenters. The summed E-state index contributed by atoms with van der Waals surface area (Å²) in [7, 11) is 1.56. The van der Waals surface area contributed by atoms with E-state index in [1.165, 1.54) is 0 Å². The van der Waals surface area contributed by atoms with Gasteiger partial charge in [0.1, 0.15) is 12.1 Å². The van der Waals surface area contributed by atoms with Crippen molar-refractivity contribution < 1.29 is 14.4 Å². The van der Waals surface area contributed by atoms with Gasteiger partial charge in [-0.3, -0.25) is 9.59 Å². The van der Waals surface area contributed by atoms with Crippen molar-refractivity contribution in [3.8, 4) is 0 Å². The molecule has 8 heteroatoms. The number of halogens is 1. The predicted octanol–water partition coefficient (Wildman–Crippen LogP) is 1.70. The molecule has 1 aromatic rings. The van der Waals surface area contributed by atoms with Crippen LogP contribution < -0.4 is 5.32 Å². The van der Waals surface area contributed by atoms with Gasteiger partial charge < -0.3 is 20.0 Å². The van der Waals surface area contributed by atoms with Crippen LogP contribution in [0.25, 0.3) is 0 Å². The molecule has 4 amide bonds. The lowest BCUT2D eigenvalue weighted by Gasteiger charge is -2.48. The zero-order chi connectivity index (χ0) is 19.8. The molecule has 2 fully saturated rings. The highest BCUT2D eigenvalue weighted by Gasteiger charge is 2.56. The number of benzene rings is 1. The average molecular weight is 393 g/mol. The Labute approximate surface area is 164 Å². The minimum Gasteiger partial charge on any atom is -0.341 e. The number of hydrogen-bond acceptors (Lipinski definition) is 3. The van der Waals surface area contributed by atoms with E-state index in [0.29, 0.717) is 24.5 Å². The molecular formula is C19H25ClN4O3. The Hall–Kier alpha value is -2.28. The molecule has 7 nitrogen and oxygen atoms in total. The van der Waals surface area contributed by atoms with Gasteiger partial charge >= 0.3 is 6.03 Å². The summed E-state index contributed by atoms with van der Waals surface area (Å²) in [5, 5.41) is 3.22. The third kappa shape index (κ3) is 3.48. The summed E-state index contributed by atoms with van der Waals surface area (Å²) in [5.74, 6) is -0.186. The van der Waals surface area contributed by atoms with E-state index in [2.05, 4.69) is 5.32 Å². The summed E-state index contributed by atoms with van der Waals surface area (Å²) in [5.41, 5.74) is -0.123. The molecule has 2 saturated heterocycles. The first-order chi connectivity index (χ1) is 12.8. The number of rotatable bonds is 3. The van der Waals surface area contributed by atoms with Crippen molar-refractivity contribution in [1.29, 1.82) is 0 Å². The molecule has 1 unspecified atom stereocenters. The van der Waals surface area contributed by atoms with Crippen molar-refractivity contribution in [2.45, 2.75) is 38.4 Å². The predicted molar refractivity (Wildman–Crippen MR) is 102 cm³/mol. The van der Waals surface area contributed by atoms with Crippen molar-refractivity contribution in [1.82, 2.24) is 20.0 Å². The van der Waals surface area contributed by atoms with Gasteiger partial charge in [0, 0.05) is 31.2 Å². The van der Waals surface area contributed by atoms with Gasteiger partial charge in [0.05, 0.1) is 6.54 Å². The van der Waals surface area contributed by atoms with Crippen LogP contribution >= 0.6 is 11.6 Å².